The summed E-state index contributed by atoms with van der Waals surface area (Å²) >= 11 is 0. The standard InChI is InChI=1S/C29H43FO3/c1-3-5-7-8-9-10-20-32-26-19-17-24-21-25(33-29(31)27(24)28(26)30)18-16-23-14-12-22(13-15-23)11-6-4-2/h17,19,21-23H,3-16,18,20H2,1-2H3. The second-order valence-electron chi connectivity index (χ2n) is 10.0. The van der Waals surface area contributed by atoms with Gasteiger partial charge in [-0.2, -0.15) is 0 Å². The Balaban J connectivity index is 1.52. The van der Waals surface area contributed by atoms with E-state index in [4.69, 9.17) is 9.15 Å². The third kappa shape index (κ3) is 7.86. The van der Waals surface area contributed by atoms with Crippen molar-refractivity contribution in [2.24, 2.45) is 11.8 Å². The quantitative estimate of drug-likeness (QED) is 0.266. The van der Waals surface area contributed by atoms with Gasteiger partial charge >= 0.3 is 5.63 Å². The average molecular weight is 459 g/mol. The number of unbranched alkanes of at least 4 members (excludes halogenated alkanes) is 6. The number of hydrogen-bond acceptors (Lipinski definition) is 3. The Morgan fingerprint density at radius 1 is 0.909 bits per heavy atom. The molecule has 1 fully saturated rings. The van der Waals surface area contributed by atoms with E-state index >= 15 is 0 Å². The predicted octanol–water partition coefficient (Wildman–Crippen LogP) is 8.60. The van der Waals surface area contributed by atoms with Crippen LogP contribution >= 0.6 is 0 Å². The van der Waals surface area contributed by atoms with Gasteiger partial charge in [0.25, 0.3) is 0 Å². The van der Waals surface area contributed by atoms with Crippen molar-refractivity contribution in [3.8, 4) is 5.75 Å². The van der Waals surface area contributed by atoms with E-state index in [2.05, 4.69) is 13.8 Å². The number of halogens is 1. The van der Waals surface area contributed by atoms with Gasteiger partial charge in [0.15, 0.2) is 11.6 Å². The maximum atomic E-state index is 15.0. The zero-order chi connectivity index (χ0) is 23.5. The maximum absolute atomic E-state index is 15.0. The first-order chi connectivity index (χ1) is 16.1. The van der Waals surface area contributed by atoms with Crippen LogP contribution in [0.5, 0.6) is 5.75 Å². The number of ether oxygens (including phenoxy) is 1. The molecule has 0 saturated heterocycles. The molecular formula is C29H43FO3. The first-order valence-corrected chi connectivity index (χ1v) is 13.5. The zero-order valence-electron chi connectivity index (χ0n) is 20.8. The Labute approximate surface area is 199 Å². The van der Waals surface area contributed by atoms with Crippen molar-refractivity contribution in [3.63, 3.8) is 0 Å². The highest BCUT2D eigenvalue weighted by atomic mass is 19.1. The molecule has 0 N–H and O–H groups in total. The smallest absolute Gasteiger partial charge is 0.346 e. The topological polar surface area (TPSA) is 39.4 Å². The van der Waals surface area contributed by atoms with Crippen LogP contribution in [-0.2, 0) is 6.42 Å². The molecule has 184 valence electrons. The lowest BCUT2D eigenvalue weighted by Gasteiger charge is -2.28. The van der Waals surface area contributed by atoms with Crippen molar-refractivity contribution in [1.29, 1.82) is 0 Å². The maximum Gasteiger partial charge on any atom is 0.346 e. The van der Waals surface area contributed by atoms with E-state index in [1.807, 2.05) is 6.07 Å². The summed E-state index contributed by atoms with van der Waals surface area (Å²) < 4.78 is 26.1. The Morgan fingerprint density at radius 3 is 2.30 bits per heavy atom. The number of hydrogen-bond donors (Lipinski definition) is 0. The van der Waals surface area contributed by atoms with Gasteiger partial charge in [0.1, 0.15) is 11.1 Å². The third-order valence-corrected chi connectivity index (χ3v) is 7.37. The molecule has 1 aromatic heterocycles. The molecule has 1 aliphatic carbocycles. The fourth-order valence-electron chi connectivity index (χ4n) is 5.22. The predicted molar refractivity (Wildman–Crippen MR) is 135 cm³/mol. The second kappa shape index (κ2) is 13.8. The summed E-state index contributed by atoms with van der Waals surface area (Å²) in [7, 11) is 0. The molecule has 0 spiro atoms. The monoisotopic (exact) mass is 458 g/mol. The van der Waals surface area contributed by atoms with Gasteiger partial charge in [0.2, 0.25) is 0 Å². The van der Waals surface area contributed by atoms with E-state index in [0.29, 0.717) is 23.7 Å². The van der Waals surface area contributed by atoms with Crippen LogP contribution in [0.3, 0.4) is 0 Å². The van der Waals surface area contributed by atoms with Gasteiger partial charge in [-0.25, -0.2) is 9.18 Å². The lowest BCUT2D eigenvalue weighted by atomic mass is 9.78. The summed E-state index contributed by atoms with van der Waals surface area (Å²) in [4.78, 5) is 12.6. The minimum absolute atomic E-state index is 0.00984. The highest BCUT2D eigenvalue weighted by Crippen LogP contribution is 2.34. The summed E-state index contributed by atoms with van der Waals surface area (Å²) in [6.45, 7) is 4.93. The van der Waals surface area contributed by atoms with Gasteiger partial charge in [-0.3, -0.25) is 0 Å². The summed E-state index contributed by atoms with van der Waals surface area (Å²) in [6.07, 6.45) is 17.9. The van der Waals surface area contributed by atoms with Crippen molar-refractivity contribution in [2.75, 3.05) is 6.61 Å². The third-order valence-electron chi connectivity index (χ3n) is 7.37. The van der Waals surface area contributed by atoms with Crippen LogP contribution in [0, 0.1) is 17.7 Å². The largest absolute Gasteiger partial charge is 0.490 e. The molecule has 0 unspecified atom stereocenters. The Morgan fingerprint density at radius 2 is 1.58 bits per heavy atom. The molecule has 3 rings (SSSR count). The van der Waals surface area contributed by atoms with Crippen LogP contribution in [-0.4, -0.2) is 6.61 Å². The Bertz CT molecular complexity index is 896. The van der Waals surface area contributed by atoms with E-state index in [1.54, 1.807) is 12.1 Å². The van der Waals surface area contributed by atoms with Crippen LogP contribution in [0.25, 0.3) is 10.8 Å². The van der Waals surface area contributed by atoms with E-state index in [9.17, 15) is 9.18 Å². The molecule has 1 saturated carbocycles. The molecular weight excluding hydrogens is 415 g/mol. The fourth-order valence-corrected chi connectivity index (χ4v) is 5.22. The average Bonchev–Trinajstić information content (AvgIpc) is 2.82. The van der Waals surface area contributed by atoms with Crippen LogP contribution < -0.4 is 10.4 Å². The van der Waals surface area contributed by atoms with Crippen molar-refractivity contribution >= 4 is 10.8 Å². The van der Waals surface area contributed by atoms with Gasteiger partial charge in [-0.15, -0.1) is 0 Å². The summed E-state index contributed by atoms with van der Waals surface area (Å²) in [5.41, 5.74) is -0.590. The van der Waals surface area contributed by atoms with Gasteiger partial charge in [-0.1, -0.05) is 97.0 Å². The Hall–Kier alpha value is -1.84. The first-order valence-electron chi connectivity index (χ1n) is 13.5. The number of benzene rings is 1. The van der Waals surface area contributed by atoms with E-state index in [0.717, 1.165) is 31.6 Å². The van der Waals surface area contributed by atoms with Gasteiger partial charge in [0.05, 0.1) is 6.61 Å². The molecule has 33 heavy (non-hydrogen) atoms. The van der Waals surface area contributed by atoms with E-state index < -0.39 is 11.4 Å². The minimum atomic E-state index is -0.593. The van der Waals surface area contributed by atoms with Crippen molar-refractivity contribution in [1.82, 2.24) is 0 Å². The number of rotatable bonds is 14. The van der Waals surface area contributed by atoms with Gasteiger partial charge in [-0.05, 0) is 42.2 Å². The van der Waals surface area contributed by atoms with Crippen LogP contribution in [0.4, 0.5) is 4.39 Å². The van der Waals surface area contributed by atoms with Crippen molar-refractivity contribution < 1.29 is 13.5 Å². The Kier molecular flexibility index (Phi) is 10.8. The molecule has 1 heterocycles. The summed E-state index contributed by atoms with van der Waals surface area (Å²) in [5.74, 6) is 1.83. The lowest BCUT2D eigenvalue weighted by molar-refractivity contribution is 0.246. The first kappa shape index (κ1) is 25.8. The fraction of sp³-hybridized carbons (Fsp3) is 0.690. The molecule has 1 aromatic carbocycles. The SMILES string of the molecule is CCCCCCCCOc1ccc2cc(CCC3CCC(CCCC)CC3)oc(=O)c2c1F. The molecule has 0 aliphatic heterocycles. The lowest BCUT2D eigenvalue weighted by Crippen LogP contribution is -2.15. The normalized spacial score (nSPS) is 18.6. The highest BCUT2D eigenvalue weighted by Gasteiger charge is 2.21. The van der Waals surface area contributed by atoms with Gasteiger partial charge < -0.3 is 9.15 Å². The van der Waals surface area contributed by atoms with Gasteiger partial charge in [0, 0.05) is 6.42 Å². The van der Waals surface area contributed by atoms with Crippen molar-refractivity contribution in [3.05, 3.63) is 40.2 Å². The molecule has 0 bridgehead atoms. The minimum Gasteiger partial charge on any atom is -0.490 e. The van der Waals surface area contributed by atoms with Crippen LogP contribution in [0.15, 0.2) is 27.4 Å². The highest BCUT2D eigenvalue weighted by molar-refractivity contribution is 5.83. The molecule has 4 heteroatoms. The van der Waals surface area contributed by atoms with Crippen LogP contribution in [0.1, 0.15) is 109 Å². The number of aryl methyl sites for hydroxylation is 1. The van der Waals surface area contributed by atoms with Crippen molar-refractivity contribution in [2.45, 2.75) is 110 Å². The summed E-state index contributed by atoms with van der Waals surface area (Å²) in [6, 6.07) is 5.27. The van der Waals surface area contributed by atoms with E-state index in [1.165, 1.54) is 70.6 Å². The molecule has 0 amide bonds. The molecule has 0 atom stereocenters. The van der Waals surface area contributed by atoms with E-state index in [-0.39, 0.29) is 11.1 Å². The zero-order valence-corrected chi connectivity index (χ0v) is 20.8. The molecule has 1 aliphatic rings. The second-order valence-corrected chi connectivity index (χ2v) is 10.0. The van der Waals surface area contributed by atoms with Crippen LogP contribution in [0.2, 0.25) is 0 Å². The number of fused-ring (bicyclic) bond motifs is 1. The molecule has 3 nitrogen and oxygen atoms in total. The molecule has 2 aromatic rings. The molecule has 0 radical (unpaired) electrons. The summed E-state index contributed by atoms with van der Waals surface area (Å²) in [5, 5.41) is 0.615.